The van der Waals surface area contributed by atoms with Crippen LogP contribution in [0.4, 0.5) is 0 Å². The van der Waals surface area contributed by atoms with Crippen molar-refractivity contribution in [2.45, 2.75) is 6.29 Å². The molecule has 2 heterocycles. The standard InChI is InChI=1S/C17H14N4O4/c1-25-14-6-10(7-18)2-4-12(14)13-9-20-21(16(13)22)15-5-3-11(8-19-15)17(23)24/h2-6,8-9,17,22-24H,1H3. The summed E-state index contributed by atoms with van der Waals surface area (Å²) in [6.07, 6.45) is 1.12. The Labute approximate surface area is 142 Å². The van der Waals surface area contributed by atoms with E-state index in [-0.39, 0.29) is 11.4 Å². The van der Waals surface area contributed by atoms with Crippen molar-refractivity contribution in [1.29, 1.82) is 5.26 Å². The molecular formula is C17H14N4O4. The number of methoxy groups -OCH3 is 1. The van der Waals surface area contributed by atoms with Crippen LogP contribution in [0.1, 0.15) is 17.4 Å². The summed E-state index contributed by atoms with van der Waals surface area (Å²) in [6, 6.07) is 9.85. The Bertz CT molecular complexity index is 942. The fraction of sp³-hybridized carbons (Fsp3) is 0.118. The minimum Gasteiger partial charge on any atom is -0.496 e. The zero-order valence-corrected chi connectivity index (χ0v) is 13.2. The third kappa shape index (κ3) is 3.01. The molecule has 0 atom stereocenters. The van der Waals surface area contributed by atoms with Gasteiger partial charge in [0.15, 0.2) is 12.1 Å². The molecule has 0 bridgehead atoms. The number of pyridine rings is 1. The smallest absolute Gasteiger partial charge is 0.223 e. The van der Waals surface area contributed by atoms with Crippen molar-refractivity contribution in [2.24, 2.45) is 0 Å². The van der Waals surface area contributed by atoms with E-state index in [2.05, 4.69) is 10.1 Å². The molecule has 3 rings (SSSR count). The lowest BCUT2D eigenvalue weighted by Gasteiger charge is -2.08. The number of nitrogens with zero attached hydrogens (tertiary/aromatic N) is 4. The van der Waals surface area contributed by atoms with Gasteiger partial charge < -0.3 is 20.1 Å². The topological polar surface area (TPSA) is 124 Å². The van der Waals surface area contributed by atoms with Crippen molar-refractivity contribution in [2.75, 3.05) is 7.11 Å². The highest BCUT2D eigenvalue weighted by Crippen LogP contribution is 2.37. The van der Waals surface area contributed by atoms with Gasteiger partial charge >= 0.3 is 0 Å². The lowest BCUT2D eigenvalue weighted by atomic mass is 10.1. The zero-order chi connectivity index (χ0) is 18.0. The summed E-state index contributed by atoms with van der Waals surface area (Å²) in [6.45, 7) is 0. The van der Waals surface area contributed by atoms with E-state index in [4.69, 9.17) is 20.2 Å². The van der Waals surface area contributed by atoms with E-state index in [1.807, 2.05) is 6.07 Å². The van der Waals surface area contributed by atoms with Crippen LogP contribution in [0.2, 0.25) is 0 Å². The van der Waals surface area contributed by atoms with Crippen LogP contribution in [0, 0.1) is 11.3 Å². The van der Waals surface area contributed by atoms with Gasteiger partial charge in [0.1, 0.15) is 5.75 Å². The quantitative estimate of drug-likeness (QED) is 0.616. The fourth-order valence-corrected chi connectivity index (χ4v) is 2.36. The highest BCUT2D eigenvalue weighted by Gasteiger charge is 2.17. The molecule has 0 unspecified atom stereocenters. The molecule has 0 saturated heterocycles. The number of aromatic hydroxyl groups is 1. The summed E-state index contributed by atoms with van der Waals surface area (Å²) in [7, 11) is 1.47. The SMILES string of the molecule is COc1cc(C#N)ccc1-c1cnn(-c2ccc(C(O)O)cn2)c1O. The van der Waals surface area contributed by atoms with Gasteiger partial charge in [-0.2, -0.15) is 15.0 Å². The maximum Gasteiger partial charge on any atom is 0.223 e. The van der Waals surface area contributed by atoms with Gasteiger partial charge in [-0.25, -0.2) is 4.98 Å². The maximum absolute atomic E-state index is 10.5. The van der Waals surface area contributed by atoms with Crippen molar-refractivity contribution in [3.05, 3.63) is 53.9 Å². The van der Waals surface area contributed by atoms with E-state index in [1.54, 1.807) is 18.2 Å². The molecule has 2 aromatic heterocycles. The highest BCUT2D eigenvalue weighted by molar-refractivity contribution is 5.75. The molecule has 126 valence electrons. The molecule has 0 saturated carbocycles. The van der Waals surface area contributed by atoms with E-state index in [9.17, 15) is 5.11 Å². The second-order valence-corrected chi connectivity index (χ2v) is 5.14. The van der Waals surface area contributed by atoms with Crippen molar-refractivity contribution in [3.63, 3.8) is 0 Å². The van der Waals surface area contributed by atoms with E-state index in [0.717, 1.165) is 0 Å². The van der Waals surface area contributed by atoms with E-state index < -0.39 is 6.29 Å². The van der Waals surface area contributed by atoms with Crippen LogP contribution in [-0.4, -0.2) is 37.2 Å². The Kier molecular flexibility index (Phi) is 4.35. The van der Waals surface area contributed by atoms with Gasteiger partial charge in [0.25, 0.3) is 0 Å². The first-order valence-electron chi connectivity index (χ1n) is 7.23. The Hall–Kier alpha value is -3.41. The van der Waals surface area contributed by atoms with Crippen LogP contribution >= 0.6 is 0 Å². The number of hydrogen-bond acceptors (Lipinski definition) is 7. The van der Waals surface area contributed by atoms with Crippen molar-refractivity contribution < 1.29 is 20.1 Å². The summed E-state index contributed by atoms with van der Waals surface area (Å²) in [5.74, 6) is 0.578. The molecule has 0 radical (unpaired) electrons. The molecule has 0 aliphatic rings. The molecule has 3 N–H and O–H groups in total. The second-order valence-electron chi connectivity index (χ2n) is 5.14. The summed E-state index contributed by atoms with van der Waals surface area (Å²) in [5, 5.41) is 41.8. The third-order valence-corrected chi connectivity index (χ3v) is 3.65. The normalized spacial score (nSPS) is 10.7. The maximum atomic E-state index is 10.5. The van der Waals surface area contributed by atoms with Gasteiger partial charge in [-0.15, -0.1) is 0 Å². The number of aromatic nitrogens is 3. The third-order valence-electron chi connectivity index (χ3n) is 3.65. The average Bonchev–Trinajstić information content (AvgIpc) is 3.02. The summed E-state index contributed by atoms with van der Waals surface area (Å²) >= 11 is 0. The Morgan fingerprint density at radius 2 is 1.96 bits per heavy atom. The van der Waals surface area contributed by atoms with Crippen LogP contribution in [0.15, 0.2) is 42.7 Å². The van der Waals surface area contributed by atoms with E-state index in [1.165, 1.54) is 36.3 Å². The van der Waals surface area contributed by atoms with Gasteiger partial charge in [0.2, 0.25) is 5.88 Å². The number of hydrogen-bond donors (Lipinski definition) is 3. The predicted octanol–water partition coefficient (Wildman–Crippen LogP) is 1.50. The molecule has 8 heteroatoms. The second kappa shape index (κ2) is 6.60. The lowest BCUT2D eigenvalue weighted by Crippen LogP contribution is -2.01. The monoisotopic (exact) mass is 338 g/mol. The van der Waals surface area contributed by atoms with E-state index in [0.29, 0.717) is 28.3 Å². The van der Waals surface area contributed by atoms with Crippen molar-refractivity contribution in [3.8, 4) is 34.6 Å². The zero-order valence-electron chi connectivity index (χ0n) is 13.2. The first-order chi connectivity index (χ1) is 12.0. The predicted molar refractivity (Wildman–Crippen MR) is 86.9 cm³/mol. The Morgan fingerprint density at radius 3 is 2.56 bits per heavy atom. The molecule has 0 fully saturated rings. The molecule has 8 nitrogen and oxygen atoms in total. The van der Waals surface area contributed by atoms with Crippen molar-refractivity contribution in [1.82, 2.24) is 14.8 Å². The van der Waals surface area contributed by atoms with Crippen LogP contribution < -0.4 is 4.74 Å². The van der Waals surface area contributed by atoms with Crippen LogP contribution in [-0.2, 0) is 0 Å². The van der Waals surface area contributed by atoms with Crippen LogP contribution in [0.25, 0.3) is 16.9 Å². The molecule has 0 spiro atoms. The molecule has 3 aromatic rings. The molecule has 25 heavy (non-hydrogen) atoms. The Balaban J connectivity index is 2.03. The van der Waals surface area contributed by atoms with Gasteiger partial charge in [-0.3, -0.25) is 0 Å². The van der Waals surface area contributed by atoms with Crippen molar-refractivity contribution >= 4 is 0 Å². The number of nitriles is 1. The first kappa shape index (κ1) is 16.4. The van der Waals surface area contributed by atoms with Gasteiger partial charge in [-0.1, -0.05) is 0 Å². The number of aliphatic hydroxyl groups excluding tert-OH is 1. The van der Waals surface area contributed by atoms with Gasteiger partial charge in [-0.05, 0) is 30.3 Å². The Morgan fingerprint density at radius 1 is 1.16 bits per heavy atom. The summed E-state index contributed by atoms with van der Waals surface area (Å²) in [4.78, 5) is 4.05. The fourth-order valence-electron chi connectivity index (χ4n) is 2.36. The average molecular weight is 338 g/mol. The number of rotatable bonds is 4. The molecule has 0 aliphatic heterocycles. The number of benzene rings is 1. The molecule has 0 aliphatic carbocycles. The van der Waals surface area contributed by atoms with Crippen LogP contribution in [0.3, 0.4) is 0 Å². The summed E-state index contributed by atoms with van der Waals surface area (Å²) in [5.41, 5.74) is 1.65. The number of aliphatic hydroxyl groups is 2. The first-order valence-corrected chi connectivity index (χ1v) is 7.23. The minimum absolute atomic E-state index is 0.159. The highest BCUT2D eigenvalue weighted by atomic mass is 16.5. The molecule has 1 aromatic carbocycles. The van der Waals surface area contributed by atoms with E-state index >= 15 is 0 Å². The van der Waals surface area contributed by atoms with Gasteiger partial charge in [0.05, 0.1) is 30.5 Å². The largest absolute Gasteiger partial charge is 0.496 e. The summed E-state index contributed by atoms with van der Waals surface area (Å²) < 4.78 is 6.49. The minimum atomic E-state index is -1.62. The van der Waals surface area contributed by atoms with Crippen LogP contribution in [0.5, 0.6) is 11.6 Å². The number of ether oxygens (including phenoxy) is 1. The lowest BCUT2D eigenvalue weighted by molar-refractivity contribution is -0.0427. The molecule has 0 amide bonds. The van der Waals surface area contributed by atoms with Gasteiger partial charge in [0, 0.05) is 17.3 Å². The molecular weight excluding hydrogens is 324 g/mol.